The van der Waals surface area contributed by atoms with Crippen LogP contribution in [0.5, 0.6) is 0 Å². The molecule has 2 heterocycles. The van der Waals surface area contributed by atoms with Gasteiger partial charge < -0.3 is 10.1 Å². The topological polar surface area (TPSA) is 73.2 Å². The molecule has 2 aromatic rings. The summed E-state index contributed by atoms with van der Waals surface area (Å²) in [5.41, 5.74) is 0.613. The molecule has 1 atom stereocenters. The lowest BCUT2D eigenvalue weighted by Gasteiger charge is -2.13. The molecule has 1 unspecified atom stereocenters. The molecule has 0 aliphatic rings. The van der Waals surface area contributed by atoms with Crippen LogP contribution in [0, 0.1) is 0 Å². The Bertz CT molecular complexity index is 726. The summed E-state index contributed by atoms with van der Waals surface area (Å²) >= 11 is 2.68. The SMILES string of the molecule is CCOCCCNC(=O)C(C)Sc1nc2ccsc2c(=O)n1C. The van der Waals surface area contributed by atoms with Crippen molar-refractivity contribution < 1.29 is 9.53 Å². The van der Waals surface area contributed by atoms with Gasteiger partial charge >= 0.3 is 0 Å². The predicted octanol–water partition coefficient (Wildman–Crippen LogP) is 2.02. The number of nitrogens with one attached hydrogen (secondary N) is 1. The molecule has 0 radical (unpaired) electrons. The number of thiophene rings is 1. The molecule has 2 aromatic heterocycles. The number of hydrogen-bond acceptors (Lipinski definition) is 6. The largest absolute Gasteiger partial charge is 0.382 e. The molecular weight excluding hydrogens is 334 g/mol. The van der Waals surface area contributed by atoms with Gasteiger partial charge in [-0.2, -0.15) is 0 Å². The minimum atomic E-state index is -0.323. The summed E-state index contributed by atoms with van der Waals surface area (Å²) in [5.74, 6) is -0.0637. The second-order valence-electron chi connectivity index (χ2n) is 5.00. The average Bonchev–Trinajstić information content (AvgIpc) is 3.00. The maximum atomic E-state index is 12.2. The summed E-state index contributed by atoms with van der Waals surface area (Å²) in [6, 6.07) is 1.82. The molecule has 0 fully saturated rings. The van der Waals surface area contributed by atoms with E-state index in [1.165, 1.54) is 27.7 Å². The molecule has 23 heavy (non-hydrogen) atoms. The number of carbonyl (C=O) groups excluding carboxylic acids is 1. The molecule has 0 aromatic carbocycles. The van der Waals surface area contributed by atoms with E-state index in [4.69, 9.17) is 4.74 Å². The molecule has 0 spiro atoms. The van der Waals surface area contributed by atoms with Gasteiger partial charge in [-0.25, -0.2) is 4.98 Å². The molecule has 0 saturated heterocycles. The van der Waals surface area contributed by atoms with Crippen LogP contribution in [0.1, 0.15) is 20.3 Å². The lowest BCUT2D eigenvalue weighted by Crippen LogP contribution is -2.32. The van der Waals surface area contributed by atoms with Gasteiger partial charge in [0.25, 0.3) is 5.56 Å². The summed E-state index contributed by atoms with van der Waals surface area (Å²) in [4.78, 5) is 28.8. The monoisotopic (exact) mass is 355 g/mol. The number of ether oxygens (including phenoxy) is 1. The van der Waals surface area contributed by atoms with Crippen molar-refractivity contribution in [2.75, 3.05) is 19.8 Å². The van der Waals surface area contributed by atoms with Gasteiger partial charge in [-0.15, -0.1) is 11.3 Å². The van der Waals surface area contributed by atoms with E-state index < -0.39 is 0 Å². The van der Waals surface area contributed by atoms with Gasteiger partial charge in [-0.1, -0.05) is 11.8 Å². The summed E-state index contributed by atoms with van der Waals surface area (Å²) in [5, 5.41) is 4.95. The number of thioether (sulfide) groups is 1. The Balaban J connectivity index is 1.97. The van der Waals surface area contributed by atoms with Crippen LogP contribution in [0.3, 0.4) is 0 Å². The Morgan fingerprint density at radius 3 is 3.09 bits per heavy atom. The lowest BCUT2D eigenvalue weighted by molar-refractivity contribution is -0.120. The van der Waals surface area contributed by atoms with E-state index in [2.05, 4.69) is 10.3 Å². The summed E-state index contributed by atoms with van der Waals surface area (Å²) in [7, 11) is 1.68. The summed E-state index contributed by atoms with van der Waals surface area (Å²) in [6.45, 7) is 5.67. The van der Waals surface area contributed by atoms with Crippen molar-refractivity contribution in [3.8, 4) is 0 Å². The van der Waals surface area contributed by atoms with Crippen molar-refractivity contribution in [3.63, 3.8) is 0 Å². The number of hydrogen-bond donors (Lipinski definition) is 1. The van der Waals surface area contributed by atoms with Crippen LogP contribution >= 0.6 is 23.1 Å². The zero-order valence-corrected chi connectivity index (χ0v) is 15.1. The first kappa shape index (κ1) is 18.0. The van der Waals surface area contributed by atoms with Crippen molar-refractivity contribution in [2.24, 2.45) is 7.05 Å². The molecule has 0 aliphatic carbocycles. The molecule has 2 rings (SSSR count). The van der Waals surface area contributed by atoms with Crippen molar-refractivity contribution >= 4 is 39.2 Å². The molecule has 1 N–H and O–H groups in total. The van der Waals surface area contributed by atoms with Gasteiger partial charge in [-0.3, -0.25) is 14.2 Å². The van der Waals surface area contributed by atoms with E-state index in [9.17, 15) is 9.59 Å². The third-order valence-corrected chi connectivity index (χ3v) is 5.30. The first-order chi connectivity index (χ1) is 11.0. The van der Waals surface area contributed by atoms with Crippen LogP contribution in [0.25, 0.3) is 10.2 Å². The smallest absolute Gasteiger partial charge is 0.271 e. The Morgan fingerprint density at radius 2 is 2.35 bits per heavy atom. The second kappa shape index (κ2) is 8.47. The maximum absolute atomic E-state index is 12.2. The minimum absolute atomic E-state index is 0.0637. The number of fused-ring (bicyclic) bond motifs is 1. The van der Waals surface area contributed by atoms with E-state index in [1.54, 1.807) is 7.05 Å². The van der Waals surface area contributed by atoms with Crippen molar-refractivity contribution in [1.29, 1.82) is 0 Å². The highest BCUT2D eigenvalue weighted by Gasteiger charge is 2.18. The first-order valence-electron chi connectivity index (χ1n) is 7.51. The van der Waals surface area contributed by atoms with Crippen LogP contribution in [0.2, 0.25) is 0 Å². The molecular formula is C15H21N3O3S2. The van der Waals surface area contributed by atoms with E-state index in [0.29, 0.717) is 35.1 Å². The molecule has 0 aliphatic heterocycles. The highest BCUT2D eigenvalue weighted by atomic mass is 32.2. The highest BCUT2D eigenvalue weighted by Crippen LogP contribution is 2.23. The van der Waals surface area contributed by atoms with Crippen molar-refractivity contribution in [1.82, 2.24) is 14.9 Å². The highest BCUT2D eigenvalue weighted by molar-refractivity contribution is 8.00. The van der Waals surface area contributed by atoms with Crippen molar-refractivity contribution in [2.45, 2.75) is 30.7 Å². The van der Waals surface area contributed by atoms with E-state index in [0.717, 1.165) is 6.42 Å². The summed E-state index contributed by atoms with van der Waals surface area (Å²) in [6.07, 6.45) is 0.786. The number of aromatic nitrogens is 2. The zero-order chi connectivity index (χ0) is 16.8. The standard InChI is InChI=1S/C15H21N3O3S2/c1-4-21-8-5-7-16-13(19)10(2)23-15-17-11-6-9-22-12(11)14(20)18(15)3/h6,9-10H,4-5,7-8H2,1-3H3,(H,16,19). The third kappa shape index (κ3) is 4.55. The predicted molar refractivity (Wildman–Crippen MR) is 94.3 cm³/mol. The Labute approximate surface area is 143 Å². The van der Waals surface area contributed by atoms with Crippen molar-refractivity contribution in [3.05, 3.63) is 21.8 Å². The molecule has 0 saturated carbocycles. The van der Waals surface area contributed by atoms with Crippen LogP contribution in [-0.4, -0.2) is 40.5 Å². The summed E-state index contributed by atoms with van der Waals surface area (Å²) < 4.78 is 7.38. The molecule has 6 nitrogen and oxygen atoms in total. The van der Waals surface area contributed by atoms with E-state index >= 15 is 0 Å². The maximum Gasteiger partial charge on any atom is 0.271 e. The van der Waals surface area contributed by atoms with E-state index in [-0.39, 0.29) is 16.7 Å². The Hall–Kier alpha value is -1.38. The van der Waals surface area contributed by atoms with Crippen LogP contribution in [-0.2, 0) is 16.6 Å². The average molecular weight is 355 g/mol. The normalized spacial score (nSPS) is 12.5. The third-order valence-electron chi connectivity index (χ3n) is 3.27. The van der Waals surface area contributed by atoms with Gasteiger partial charge in [0.1, 0.15) is 4.70 Å². The molecule has 1 amide bonds. The Kier molecular flexibility index (Phi) is 6.61. The minimum Gasteiger partial charge on any atom is -0.382 e. The van der Waals surface area contributed by atoms with Crippen LogP contribution in [0.15, 0.2) is 21.4 Å². The molecule has 126 valence electrons. The number of amides is 1. The van der Waals surface area contributed by atoms with Gasteiger partial charge in [0, 0.05) is 26.8 Å². The van der Waals surface area contributed by atoms with Crippen LogP contribution in [0.4, 0.5) is 0 Å². The fraction of sp³-hybridized carbons (Fsp3) is 0.533. The lowest BCUT2D eigenvalue weighted by atomic mass is 10.4. The fourth-order valence-corrected chi connectivity index (χ4v) is 3.66. The number of carbonyl (C=O) groups is 1. The van der Waals surface area contributed by atoms with Crippen LogP contribution < -0.4 is 10.9 Å². The fourth-order valence-electron chi connectivity index (χ4n) is 1.96. The number of rotatable bonds is 8. The quantitative estimate of drug-likeness (QED) is 0.445. The molecule has 8 heteroatoms. The molecule has 0 bridgehead atoms. The first-order valence-corrected chi connectivity index (χ1v) is 9.26. The van der Waals surface area contributed by atoms with Gasteiger partial charge in [0.15, 0.2) is 5.16 Å². The van der Waals surface area contributed by atoms with Gasteiger partial charge in [-0.05, 0) is 31.7 Å². The zero-order valence-electron chi connectivity index (χ0n) is 13.5. The van der Waals surface area contributed by atoms with Gasteiger partial charge in [0.2, 0.25) is 5.91 Å². The van der Waals surface area contributed by atoms with E-state index in [1.807, 2.05) is 25.3 Å². The Morgan fingerprint density at radius 1 is 1.57 bits per heavy atom. The number of nitrogens with zero attached hydrogens (tertiary/aromatic N) is 2. The van der Waals surface area contributed by atoms with Gasteiger partial charge in [0.05, 0.1) is 10.8 Å². The second-order valence-corrected chi connectivity index (χ2v) is 7.22.